The molecule has 0 spiro atoms. The van der Waals surface area contributed by atoms with E-state index in [0.717, 1.165) is 27.1 Å². The Bertz CT molecular complexity index is 736. The zero-order valence-corrected chi connectivity index (χ0v) is 11.3. The molecule has 2 heteroatoms. The summed E-state index contributed by atoms with van der Waals surface area (Å²) in [6.45, 7) is 1.51. The lowest BCUT2D eigenvalue weighted by atomic mass is 9.92. The molecule has 3 aromatic carbocycles. The van der Waals surface area contributed by atoms with Gasteiger partial charge in [0.05, 0.1) is 6.10 Å². The lowest BCUT2D eigenvalue weighted by molar-refractivity contribution is -0.118. The molecule has 2 nitrogen and oxygen atoms in total. The van der Waals surface area contributed by atoms with E-state index >= 15 is 0 Å². The fraction of sp³-hybridized carbons (Fsp3) is 0.167. The van der Waals surface area contributed by atoms with Crippen LogP contribution in [0.2, 0.25) is 0 Å². The molecule has 0 aliphatic carbocycles. The summed E-state index contributed by atoms with van der Waals surface area (Å²) in [6.07, 6.45) is -0.610. The number of rotatable bonds is 3. The van der Waals surface area contributed by atoms with E-state index in [2.05, 4.69) is 6.07 Å². The number of aliphatic hydroxyl groups excluding tert-OH is 1. The van der Waals surface area contributed by atoms with Crippen LogP contribution in [0.5, 0.6) is 0 Å². The average molecular weight is 264 g/mol. The number of benzene rings is 3. The molecule has 0 aliphatic rings. The topological polar surface area (TPSA) is 37.3 Å². The van der Waals surface area contributed by atoms with E-state index in [-0.39, 0.29) is 12.2 Å². The van der Waals surface area contributed by atoms with Gasteiger partial charge >= 0.3 is 0 Å². The Hall–Kier alpha value is -2.19. The Labute approximate surface area is 117 Å². The number of carbonyl (C=O) groups excluding carboxylic acids is 1. The largest absolute Gasteiger partial charge is 0.388 e. The van der Waals surface area contributed by atoms with Gasteiger partial charge in [-0.05, 0) is 40.1 Å². The number of Topliss-reactive ketones (excluding diaryl/α,β-unsaturated/α-hetero) is 1. The van der Waals surface area contributed by atoms with Crippen molar-refractivity contribution in [2.24, 2.45) is 0 Å². The lowest BCUT2D eigenvalue weighted by Gasteiger charge is -2.16. The third-order valence-corrected chi connectivity index (χ3v) is 3.63. The van der Waals surface area contributed by atoms with Crippen molar-refractivity contribution >= 4 is 27.3 Å². The third kappa shape index (κ3) is 2.19. The van der Waals surface area contributed by atoms with Crippen LogP contribution in [-0.4, -0.2) is 10.9 Å². The molecule has 0 saturated carbocycles. The molecular formula is C18H16O2. The third-order valence-electron chi connectivity index (χ3n) is 3.63. The molecule has 100 valence electrons. The highest BCUT2D eigenvalue weighted by Crippen LogP contribution is 2.34. The molecule has 0 bridgehead atoms. The van der Waals surface area contributed by atoms with Crippen molar-refractivity contribution < 1.29 is 9.90 Å². The molecule has 0 heterocycles. The molecule has 20 heavy (non-hydrogen) atoms. The number of hydrogen-bond acceptors (Lipinski definition) is 2. The number of fused-ring (bicyclic) bond motifs is 2. The van der Waals surface area contributed by atoms with E-state index in [9.17, 15) is 9.90 Å². The van der Waals surface area contributed by atoms with E-state index in [1.807, 2.05) is 48.5 Å². The van der Waals surface area contributed by atoms with Crippen LogP contribution in [0.1, 0.15) is 25.0 Å². The van der Waals surface area contributed by atoms with Crippen molar-refractivity contribution in [1.29, 1.82) is 0 Å². The van der Waals surface area contributed by atoms with Crippen molar-refractivity contribution in [2.75, 3.05) is 0 Å². The number of carbonyl (C=O) groups is 1. The van der Waals surface area contributed by atoms with Gasteiger partial charge in [-0.2, -0.15) is 0 Å². The smallest absolute Gasteiger partial charge is 0.132 e. The van der Waals surface area contributed by atoms with Crippen molar-refractivity contribution in [3.63, 3.8) is 0 Å². The SMILES string of the molecule is CC(=O)CC(O)c1c2ccccc2cc2ccccc12. The summed E-state index contributed by atoms with van der Waals surface area (Å²) >= 11 is 0. The molecule has 0 fully saturated rings. The minimum atomic E-state index is -0.761. The van der Waals surface area contributed by atoms with Gasteiger partial charge in [-0.3, -0.25) is 4.79 Å². The van der Waals surface area contributed by atoms with Gasteiger partial charge < -0.3 is 5.11 Å². The van der Waals surface area contributed by atoms with Crippen molar-refractivity contribution in [1.82, 2.24) is 0 Å². The molecule has 0 radical (unpaired) electrons. The van der Waals surface area contributed by atoms with Gasteiger partial charge in [-0.25, -0.2) is 0 Å². The first kappa shape index (κ1) is 12.8. The maximum atomic E-state index is 11.3. The zero-order chi connectivity index (χ0) is 14.1. The summed E-state index contributed by atoms with van der Waals surface area (Å²) in [6, 6.07) is 18.1. The minimum absolute atomic E-state index is 0.00508. The van der Waals surface area contributed by atoms with Gasteiger partial charge in [0.25, 0.3) is 0 Å². The van der Waals surface area contributed by atoms with E-state index in [4.69, 9.17) is 0 Å². The molecule has 1 unspecified atom stereocenters. The van der Waals surface area contributed by atoms with Crippen molar-refractivity contribution in [3.05, 3.63) is 60.2 Å². The van der Waals surface area contributed by atoms with Gasteiger partial charge in [-0.1, -0.05) is 48.5 Å². The summed E-state index contributed by atoms with van der Waals surface area (Å²) in [7, 11) is 0. The second-order valence-corrected chi connectivity index (χ2v) is 5.15. The van der Waals surface area contributed by atoms with Crippen LogP contribution in [0.25, 0.3) is 21.5 Å². The van der Waals surface area contributed by atoms with E-state index < -0.39 is 6.10 Å². The van der Waals surface area contributed by atoms with Gasteiger partial charge in [0, 0.05) is 6.42 Å². The maximum Gasteiger partial charge on any atom is 0.132 e. The molecule has 1 N–H and O–H groups in total. The zero-order valence-electron chi connectivity index (χ0n) is 11.3. The normalized spacial score (nSPS) is 12.7. The number of ketones is 1. The predicted molar refractivity (Wildman–Crippen MR) is 81.7 cm³/mol. The minimum Gasteiger partial charge on any atom is -0.388 e. The summed E-state index contributed by atoms with van der Waals surface area (Å²) in [4.78, 5) is 11.3. The standard InChI is InChI=1S/C18H16O2/c1-12(19)10-17(20)18-15-8-4-2-6-13(15)11-14-7-3-5-9-16(14)18/h2-9,11,17,20H,10H2,1H3. The van der Waals surface area contributed by atoms with Gasteiger partial charge in [0.1, 0.15) is 5.78 Å². The maximum absolute atomic E-state index is 11.3. The molecule has 1 atom stereocenters. The molecular weight excluding hydrogens is 248 g/mol. The Morgan fingerprint density at radius 1 is 1.00 bits per heavy atom. The Kier molecular flexibility index (Phi) is 3.25. The quantitative estimate of drug-likeness (QED) is 0.726. The first-order valence-electron chi connectivity index (χ1n) is 6.74. The fourth-order valence-electron chi connectivity index (χ4n) is 2.78. The van der Waals surface area contributed by atoms with Gasteiger partial charge in [-0.15, -0.1) is 0 Å². The molecule has 0 saturated heterocycles. The van der Waals surface area contributed by atoms with Crippen LogP contribution >= 0.6 is 0 Å². The van der Waals surface area contributed by atoms with Crippen LogP contribution < -0.4 is 0 Å². The van der Waals surface area contributed by atoms with Crippen LogP contribution in [0.15, 0.2) is 54.6 Å². The Balaban J connectivity index is 2.35. The molecule has 3 aromatic rings. The predicted octanol–water partition coefficient (Wildman–Crippen LogP) is 4.01. The summed E-state index contributed by atoms with van der Waals surface area (Å²) < 4.78 is 0. The molecule has 0 amide bonds. The van der Waals surface area contributed by atoms with E-state index in [1.54, 1.807) is 0 Å². The number of hydrogen-bond donors (Lipinski definition) is 1. The van der Waals surface area contributed by atoms with Crippen LogP contribution in [0.3, 0.4) is 0 Å². The highest BCUT2D eigenvalue weighted by atomic mass is 16.3. The Morgan fingerprint density at radius 3 is 2.00 bits per heavy atom. The molecule has 0 aromatic heterocycles. The summed E-state index contributed by atoms with van der Waals surface area (Å²) in [5, 5.41) is 14.7. The van der Waals surface area contributed by atoms with Crippen LogP contribution in [0.4, 0.5) is 0 Å². The monoisotopic (exact) mass is 264 g/mol. The van der Waals surface area contributed by atoms with Crippen LogP contribution in [-0.2, 0) is 4.79 Å². The second-order valence-electron chi connectivity index (χ2n) is 5.15. The summed E-state index contributed by atoms with van der Waals surface area (Å²) in [5.74, 6) is -0.00508. The van der Waals surface area contributed by atoms with Crippen molar-refractivity contribution in [2.45, 2.75) is 19.4 Å². The first-order valence-corrected chi connectivity index (χ1v) is 6.74. The van der Waals surface area contributed by atoms with E-state index in [1.165, 1.54) is 6.92 Å². The highest BCUT2D eigenvalue weighted by molar-refractivity contribution is 6.02. The highest BCUT2D eigenvalue weighted by Gasteiger charge is 2.16. The summed E-state index contributed by atoms with van der Waals surface area (Å²) in [5.41, 5.74) is 0.855. The number of aliphatic hydroxyl groups is 1. The average Bonchev–Trinajstić information content (AvgIpc) is 2.43. The Morgan fingerprint density at radius 2 is 1.50 bits per heavy atom. The second kappa shape index (κ2) is 5.06. The van der Waals surface area contributed by atoms with E-state index in [0.29, 0.717) is 0 Å². The molecule has 0 aliphatic heterocycles. The van der Waals surface area contributed by atoms with Crippen LogP contribution in [0, 0.1) is 0 Å². The lowest BCUT2D eigenvalue weighted by Crippen LogP contribution is -2.04. The van der Waals surface area contributed by atoms with Gasteiger partial charge in [0.2, 0.25) is 0 Å². The van der Waals surface area contributed by atoms with Gasteiger partial charge in [0.15, 0.2) is 0 Å². The van der Waals surface area contributed by atoms with Crippen molar-refractivity contribution in [3.8, 4) is 0 Å². The first-order chi connectivity index (χ1) is 9.66. The molecule has 3 rings (SSSR count). The fourth-order valence-corrected chi connectivity index (χ4v) is 2.78.